The second-order valence-corrected chi connectivity index (χ2v) is 7.46. The number of nitrogens with zero attached hydrogens (tertiary/aromatic N) is 2. The molecule has 4 rings (SSSR count). The van der Waals surface area contributed by atoms with Crippen molar-refractivity contribution in [3.8, 4) is 0 Å². The SMILES string of the molecule is COCCN1C(=O)C(=O)/C(=C(\O)c2ccc3c(c2)CCCC3)C1c1ccncc1. The van der Waals surface area contributed by atoms with E-state index in [1.807, 2.05) is 18.2 Å². The molecular formula is C23H24N2O4. The number of aromatic nitrogens is 1. The largest absolute Gasteiger partial charge is 0.507 e. The highest BCUT2D eigenvalue weighted by Gasteiger charge is 2.45. The molecule has 150 valence electrons. The average Bonchev–Trinajstić information content (AvgIpc) is 3.02. The number of hydrogen-bond acceptors (Lipinski definition) is 5. The van der Waals surface area contributed by atoms with Gasteiger partial charge in [0.15, 0.2) is 0 Å². The fraction of sp³-hybridized carbons (Fsp3) is 0.348. The first-order valence-electron chi connectivity index (χ1n) is 9.91. The first-order chi connectivity index (χ1) is 14.1. The van der Waals surface area contributed by atoms with Gasteiger partial charge in [0.1, 0.15) is 5.76 Å². The molecule has 1 saturated heterocycles. The molecule has 0 bridgehead atoms. The first-order valence-corrected chi connectivity index (χ1v) is 9.91. The van der Waals surface area contributed by atoms with Crippen LogP contribution in [0.3, 0.4) is 0 Å². The fourth-order valence-electron chi connectivity index (χ4n) is 4.23. The van der Waals surface area contributed by atoms with Gasteiger partial charge in [-0.1, -0.05) is 12.1 Å². The van der Waals surface area contributed by atoms with Gasteiger partial charge in [-0.2, -0.15) is 0 Å². The number of Topliss-reactive ketones (excluding diaryl/α,β-unsaturated/α-hetero) is 1. The summed E-state index contributed by atoms with van der Waals surface area (Å²) in [4.78, 5) is 31.1. The number of rotatable bonds is 5. The van der Waals surface area contributed by atoms with E-state index in [9.17, 15) is 14.7 Å². The van der Waals surface area contributed by atoms with Crippen LogP contribution in [0.25, 0.3) is 5.76 Å². The Balaban J connectivity index is 1.82. The molecule has 1 atom stereocenters. The maximum absolute atomic E-state index is 12.9. The maximum atomic E-state index is 12.9. The molecular weight excluding hydrogens is 368 g/mol. The molecule has 0 radical (unpaired) electrons. The number of likely N-dealkylation sites (tertiary alicyclic amines) is 1. The highest BCUT2D eigenvalue weighted by molar-refractivity contribution is 6.46. The molecule has 1 aromatic heterocycles. The Bertz CT molecular complexity index is 968. The van der Waals surface area contributed by atoms with Crippen LogP contribution < -0.4 is 0 Å². The van der Waals surface area contributed by atoms with Crippen molar-refractivity contribution in [2.24, 2.45) is 0 Å². The van der Waals surface area contributed by atoms with Gasteiger partial charge in [0.05, 0.1) is 18.2 Å². The predicted molar refractivity (Wildman–Crippen MR) is 108 cm³/mol. The van der Waals surface area contributed by atoms with E-state index in [1.54, 1.807) is 31.6 Å². The monoisotopic (exact) mass is 392 g/mol. The van der Waals surface area contributed by atoms with Gasteiger partial charge >= 0.3 is 0 Å². The number of fused-ring (bicyclic) bond motifs is 1. The lowest BCUT2D eigenvalue weighted by atomic mass is 9.89. The molecule has 2 aromatic rings. The summed E-state index contributed by atoms with van der Waals surface area (Å²) in [7, 11) is 1.55. The Hall–Kier alpha value is -2.99. The Labute approximate surface area is 169 Å². The summed E-state index contributed by atoms with van der Waals surface area (Å²) in [6.07, 6.45) is 7.52. The van der Waals surface area contributed by atoms with Gasteiger partial charge in [-0.3, -0.25) is 14.6 Å². The standard InChI is InChI=1S/C23H24N2O4/c1-29-13-12-25-20(16-8-10-24-11-9-16)19(22(27)23(25)28)21(26)18-7-6-15-4-2-3-5-17(15)14-18/h6-11,14,20,26H,2-5,12-13H2,1H3/b21-19-. The number of aliphatic hydroxyl groups is 1. The van der Waals surface area contributed by atoms with E-state index in [0.717, 1.165) is 24.8 Å². The molecule has 1 aliphatic carbocycles. The number of hydrogen-bond donors (Lipinski definition) is 1. The van der Waals surface area contributed by atoms with E-state index >= 15 is 0 Å². The van der Waals surface area contributed by atoms with E-state index in [1.165, 1.54) is 22.4 Å². The van der Waals surface area contributed by atoms with Crippen LogP contribution in [0.4, 0.5) is 0 Å². The third-order valence-electron chi connectivity index (χ3n) is 5.72. The first kappa shape index (κ1) is 19.3. The van der Waals surface area contributed by atoms with E-state index < -0.39 is 17.7 Å². The van der Waals surface area contributed by atoms with Crippen molar-refractivity contribution < 1.29 is 19.4 Å². The predicted octanol–water partition coefficient (Wildman–Crippen LogP) is 3.03. The molecule has 2 heterocycles. The minimum Gasteiger partial charge on any atom is -0.507 e. The van der Waals surface area contributed by atoms with Crippen LogP contribution in [0.2, 0.25) is 0 Å². The zero-order valence-corrected chi connectivity index (χ0v) is 16.4. The van der Waals surface area contributed by atoms with Crippen molar-refractivity contribution in [2.75, 3.05) is 20.3 Å². The minimum atomic E-state index is -0.668. The molecule has 2 aliphatic rings. The number of aliphatic hydroxyl groups excluding tert-OH is 1. The quantitative estimate of drug-likeness (QED) is 0.481. The van der Waals surface area contributed by atoms with Gasteiger partial charge in [0.25, 0.3) is 11.7 Å². The summed E-state index contributed by atoms with van der Waals surface area (Å²) in [6.45, 7) is 0.558. The molecule has 0 saturated carbocycles. The van der Waals surface area contributed by atoms with Gasteiger partial charge in [0.2, 0.25) is 0 Å². The van der Waals surface area contributed by atoms with Crippen molar-refractivity contribution in [2.45, 2.75) is 31.7 Å². The number of pyridine rings is 1. The lowest BCUT2D eigenvalue weighted by Gasteiger charge is -2.25. The van der Waals surface area contributed by atoms with Crippen molar-refractivity contribution in [1.82, 2.24) is 9.88 Å². The number of ketones is 1. The molecule has 29 heavy (non-hydrogen) atoms. The summed E-state index contributed by atoms with van der Waals surface area (Å²) < 4.78 is 5.12. The Morgan fingerprint density at radius 3 is 2.59 bits per heavy atom. The highest BCUT2D eigenvalue weighted by atomic mass is 16.5. The molecule has 1 unspecified atom stereocenters. The van der Waals surface area contributed by atoms with E-state index in [-0.39, 0.29) is 17.9 Å². The summed E-state index contributed by atoms with van der Waals surface area (Å²) in [5.74, 6) is -1.42. The molecule has 6 heteroatoms. The Morgan fingerprint density at radius 2 is 1.86 bits per heavy atom. The normalized spacial score (nSPS) is 20.7. The molecule has 6 nitrogen and oxygen atoms in total. The molecule has 1 N–H and O–H groups in total. The number of ether oxygens (including phenoxy) is 1. The number of aryl methyl sites for hydroxylation is 2. The number of carbonyl (C=O) groups excluding carboxylic acids is 2. The Morgan fingerprint density at radius 1 is 1.14 bits per heavy atom. The van der Waals surface area contributed by atoms with Crippen molar-refractivity contribution >= 4 is 17.4 Å². The zero-order valence-electron chi connectivity index (χ0n) is 16.4. The topological polar surface area (TPSA) is 79.7 Å². The third kappa shape index (κ3) is 3.56. The van der Waals surface area contributed by atoms with Gasteiger partial charge in [0, 0.05) is 31.6 Å². The van der Waals surface area contributed by atoms with Crippen LogP contribution in [0, 0.1) is 0 Å². The molecule has 1 amide bonds. The van der Waals surface area contributed by atoms with E-state index in [2.05, 4.69) is 4.98 Å². The third-order valence-corrected chi connectivity index (χ3v) is 5.72. The zero-order chi connectivity index (χ0) is 20.4. The van der Waals surface area contributed by atoms with Crippen LogP contribution in [0.15, 0.2) is 48.3 Å². The molecule has 1 aliphatic heterocycles. The minimum absolute atomic E-state index is 0.119. The highest BCUT2D eigenvalue weighted by Crippen LogP contribution is 2.39. The van der Waals surface area contributed by atoms with Crippen LogP contribution in [-0.4, -0.2) is 46.9 Å². The summed E-state index contributed by atoms with van der Waals surface area (Å²) in [5, 5.41) is 11.1. The number of benzene rings is 1. The summed E-state index contributed by atoms with van der Waals surface area (Å²) >= 11 is 0. The number of amides is 1. The smallest absolute Gasteiger partial charge is 0.295 e. The van der Waals surface area contributed by atoms with Gasteiger partial charge in [-0.25, -0.2) is 0 Å². The van der Waals surface area contributed by atoms with E-state index in [0.29, 0.717) is 12.2 Å². The average molecular weight is 392 g/mol. The van der Waals surface area contributed by atoms with Gasteiger partial charge in [-0.15, -0.1) is 0 Å². The lowest BCUT2D eigenvalue weighted by molar-refractivity contribution is -0.140. The van der Waals surface area contributed by atoms with Crippen molar-refractivity contribution in [3.63, 3.8) is 0 Å². The van der Waals surface area contributed by atoms with Crippen LogP contribution in [0.1, 0.15) is 41.1 Å². The molecule has 1 fully saturated rings. The maximum Gasteiger partial charge on any atom is 0.295 e. The Kier molecular flexibility index (Phi) is 5.45. The summed E-state index contributed by atoms with van der Waals surface area (Å²) in [6, 6.07) is 8.67. The van der Waals surface area contributed by atoms with E-state index in [4.69, 9.17) is 4.74 Å². The van der Waals surface area contributed by atoms with Crippen LogP contribution >= 0.6 is 0 Å². The lowest BCUT2D eigenvalue weighted by Crippen LogP contribution is -2.32. The summed E-state index contributed by atoms with van der Waals surface area (Å²) in [5.41, 5.74) is 3.92. The van der Waals surface area contributed by atoms with Crippen molar-refractivity contribution in [1.29, 1.82) is 0 Å². The molecule has 1 aromatic carbocycles. The second-order valence-electron chi connectivity index (χ2n) is 7.46. The van der Waals surface area contributed by atoms with Crippen molar-refractivity contribution in [3.05, 3.63) is 70.6 Å². The van der Waals surface area contributed by atoms with Gasteiger partial charge in [-0.05, 0) is 60.6 Å². The molecule has 0 spiro atoms. The second kappa shape index (κ2) is 8.17. The number of carbonyl (C=O) groups is 2. The fourth-order valence-corrected chi connectivity index (χ4v) is 4.23. The van der Waals surface area contributed by atoms with Crippen LogP contribution in [0.5, 0.6) is 0 Å². The van der Waals surface area contributed by atoms with Crippen LogP contribution in [-0.2, 0) is 27.2 Å². The number of methoxy groups -OCH3 is 1. The van der Waals surface area contributed by atoms with Gasteiger partial charge < -0.3 is 14.7 Å².